The molecule has 0 spiro atoms. The largest absolute Gasteiger partial charge is 0.403 e. The highest BCUT2D eigenvalue weighted by atomic mass is 28.4. The minimum absolute atomic E-state index is 0.260. The molecule has 0 aliphatic carbocycles. The molecule has 2 aromatic carbocycles. The van der Waals surface area contributed by atoms with Crippen LogP contribution in [0.1, 0.15) is 29.7 Å². The second-order valence-electron chi connectivity index (χ2n) is 9.13. The van der Waals surface area contributed by atoms with E-state index in [1.807, 2.05) is 12.3 Å². The van der Waals surface area contributed by atoms with Gasteiger partial charge >= 0.3 is 0 Å². The molecule has 3 nitrogen and oxygen atoms in total. The molecule has 0 saturated carbocycles. The van der Waals surface area contributed by atoms with Crippen LogP contribution >= 0.6 is 0 Å². The van der Waals surface area contributed by atoms with Crippen molar-refractivity contribution in [1.29, 1.82) is 0 Å². The van der Waals surface area contributed by atoms with E-state index in [4.69, 9.17) is 4.43 Å². The van der Waals surface area contributed by atoms with E-state index in [9.17, 15) is 0 Å². The maximum Gasteiger partial charge on any atom is 0.185 e. The fourth-order valence-corrected chi connectivity index (χ4v) is 6.10. The van der Waals surface area contributed by atoms with Gasteiger partial charge in [0.25, 0.3) is 0 Å². The Labute approximate surface area is 181 Å². The van der Waals surface area contributed by atoms with Crippen LogP contribution in [0.5, 0.6) is 0 Å². The average Bonchev–Trinajstić information content (AvgIpc) is 3.22. The molecule has 0 radical (unpaired) electrons. The summed E-state index contributed by atoms with van der Waals surface area (Å²) in [6, 6.07) is 28.1. The number of nitrogens with zero attached hydrogens (tertiary/aromatic N) is 2. The Morgan fingerprint density at radius 2 is 1.50 bits per heavy atom. The maximum atomic E-state index is 7.23. The summed E-state index contributed by atoms with van der Waals surface area (Å²) in [5, 5.41) is 0. The van der Waals surface area contributed by atoms with Crippen molar-refractivity contribution < 1.29 is 4.43 Å². The number of hydrogen-bond donors (Lipinski definition) is 0. The van der Waals surface area contributed by atoms with Crippen molar-refractivity contribution >= 4 is 8.32 Å². The molecule has 156 valence electrons. The van der Waals surface area contributed by atoms with Crippen LogP contribution in [0.15, 0.2) is 85.1 Å². The van der Waals surface area contributed by atoms with Crippen LogP contribution in [-0.2, 0) is 16.6 Å². The molecular formula is C26H32N2OSi. The lowest BCUT2D eigenvalue weighted by molar-refractivity contribution is 0.00897. The maximum absolute atomic E-state index is 7.23. The molecule has 2 heterocycles. The summed E-state index contributed by atoms with van der Waals surface area (Å²) < 4.78 is 7.23. The Balaban J connectivity index is 1.85. The zero-order valence-corrected chi connectivity index (χ0v) is 19.3. The zero-order chi connectivity index (χ0) is 21.0. The van der Waals surface area contributed by atoms with Crippen molar-refractivity contribution in [3.05, 3.63) is 102 Å². The molecule has 0 bridgehead atoms. The van der Waals surface area contributed by atoms with Crippen LogP contribution in [0.3, 0.4) is 0 Å². The van der Waals surface area contributed by atoms with Gasteiger partial charge in [0.1, 0.15) is 5.60 Å². The summed E-state index contributed by atoms with van der Waals surface area (Å²) in [5.74, 6) is 0. The summed E-state index contributed by atoms with van der Waals surface area (Å²) >= 11 is 0. The van der Waals surface area contributed by atoms with Gasteiger partial charge in [-0.05, 0) is 62.3 Å². The third kappa shape index (κ3) is 4.41. The molecule has 1 fully saturated rings. The molecule has 4 heteroatoms. The third-order valence-corrected chi connectivity index (χ3v) is 6.73. The molecule has 30 heavy (non-hydrogen) atoms. The SMILES string of the molecule is C[Si](C)(C)OC(c1ccccc1)(c1ccccc1)[C@@H]1CCCN1Cc1ccccn1. The second kappa shape index (κ2) is 8.84. The minimum Gasteiger partial charge on any atom is -0.403 e. The van der Waals surface area contributed by atoms with Crippen LogP contribution in [0.25, 0.3) is 0 Å². The van der Waals surface area contributed by atoms with Crippen LogP contribution < -0.4 is 0 Å². The highest BCUT2D eigenvalue weighted by Crippen LogP contribution is 2.45. The first-order valence-electron chi connectivity index (χ1n) is 10.9. The molecule has 4 rings (SSSR count). The van der Waals surface area contributed by atoms with Crippen LogP contribution in [-0.4, -0.2) is 30.8 Å². The average molecular weight is 417 g/mol. The van der Waals surface area contributed by atoms with Gasteiger partial charge in [-0.2, -0.15) is 0 Å². The Hall–Kier alpha value is -2.27. The van der Waals surface area contributed by atoms with E-state index in [0.717, 1.165) is 25.2 Å². The molecule has 1 saturated heterocycles. The van der Waals surface area contributed by atoms with E-state index in [2.05, 4.69) is 102 Å². The van der Waals surface area contributed by atoms with Gasteiger partial charge in [-0.3, -0.25) is 9.88 Å². The molecule has 1 atom stereocenters. The predicted octanol–water partition coefficient (Wildman–Crippen LogP) is 5.84. The van der Waals surface area contributed by atoms with Crippen molar-refractivity contribution in [3.8, 4) is 0 Å². The van der Waals surface area contributed by atoms with E-state index < -0.39 is 13.9 Å². The van der Waals surface area contributed by atoms with Gasteiger partial charge in [0.15, 0.2) is 8.32 Å². The van der Waals surface area contributed by atoms with Gasteiger partial charge in [-0.1, -0.05) is 66.7 Å². The quantitative estimate of drug-likeness (QED) is 0.452. The first-order chi connectivity index (χ1) is 14.5. The lowest BCUT2D eigenvalue weighted by Gasteiger charge is -2.47. The van der Waals surface area contributed by atoms with Crippen LogP contribution in [0.4, 0.5) is 0 Å². The van der Waals surface area contributed by atoms with Gasteiger partial charge in [-0.25, -0.2) is 0 Å². The number of likely N-dealkylation sites (tertiary alicyclic amines) is 1. The Kier molecular flexibility index (Phi) is 6.18. The van der Waals surface area contributed by atoms with Crippen LogP contribution in [0, 0.1) is 0 Å². The molecular weight excluding hydrogens is 384 g/mol. The monoisotopic (exact) mass is 416 g/mol. The molecule has 0 unspecified atom stereocenters. The first-order valence-corrected chi connectivity index (χ1v) is 14.3. The van der Waals surface area contributed by atoms with Crippen molar-refractivity contribution in [1.82, 2.24) is 9.88 Å². The fourth-order valence-electron chi connectivity index (χ4n) is 4.77. The van der Waals surface area contributed by atoms with Gasteiger partial charge in [-0.15, -0.1) is 0 Å². The Morgan fingerprint density at radius 3 is 2.03 bits per heavy atom. The highest BCUT2D eigenvalue weighted by molar-refractivity contribution is 6.69. The molecule has 1 aliphatic rings. The van der Waals surface area contributed by atoms with Gasteiger partial charge in [0.2, 0.25) is 0 Å². The molecule has 1 aromatic heterocycles. The topological polar surface area (TPSA) is 25.4 Å². The number of aromatic nitrogens is 1. The molecule has 3 aromatic rings. The number of pyridine rings is 1. The van der Waals surface area contributed by atoms with Gasteiger partial charge < -0.3 is 4.43 Å². The van der Waals surface area contributed by atoms with Gasteiger partial charge in [0, 0.05) is 18.8 Å². The zero-order valence-electron chi connectivity index (χ0n) is 18.3. The summed E-state index contributed by atoms with van der Waals surface area (Å²) in [7, 11) is -1.89. The fraction of sp³-hybridized carbons (Fsp3) is 0.346. The number of hydrogen-bond acceptors (Lipinski definition) is 3. The molecule has 1 aliphatic heterocycles. The van der Waals surface area contributed by atoms with Crippen molar-refractivity contribution in [2.75, 3.05) is 6.54 Å². The third-order valence-electron chi connectivity index (χ3n) is 5.80. The predicted molar refractivity (Wildman–Crippen MR) is 126 cm³/mol. The van der Waals surface area contributed by atoms with Crippen LogP contribution in [0.2, 0.25) is 19.6 Å². The van der Waals surface area contributed by atoms with Gasteiger partial charge in [0.05, 0.1) is 5.69 Å². The molecule has 0 amide bonds. The van der Waals surface area contributed by atoms with Crippen molar-refractivity contribution in [2.24, 2.45) is 0 Å². The minimum atomic E-state index is -1.89. The first kappa shape index (κ1) is 21.0. The van der Waals surface area contributed by atoms with E-state index in [1.165, 1.54) is 17.5 Å². The lowest BCUT2D eigenvalue weighted by atomic mass is 9.79. The van der Waals surface area contributed by atoms with E-state index in [0.29, 0.717) is 0 Å². The molecule has 0 N–H and O–H groups in total. The Bertz CT molecular complexity index is 886. The Morgan fingerprint density at radius 1 is 0.900 bits per heavy atom. The highest BCUT2D eigenvalue weighted by Gasteiger charge is 2.49. The van der Waals surface area contributed by atoms with Crippen molar-refractivity contribution in [3.63, 3.8) is 0 Å². The summed E-state index contributed by atoms with van der Waals surface area (Å²) in [4.78, 5) is 7.19. The smallest absolute Gasteiger partial charge is 0.185 e. The van der Waals surface area contributed by atoms with E-state index in [-0.39, 0.29) is 6.04 Å². The summed E-state index contributed by atoms with van der Waals surface area (Å²) in [5.41, 5.74) is 3.12. The lowest BCUT2D eigenvalue weighted by Crippen LogP contribution is -2.54. The summed E-state index contributed by atoms with van der Waals surface area (Å²) in [6.45, 7) is 8.81. The summed E-state index contributed by atoms with van der Waals surface area (Å²) in [6.07, 6.45) is 4.18. The van der Waals surface area contributed by atoms with E-state index in [1.54, 1.807) is 0 Å². The second-order valence-corrected chi connectivity index (χ2v) is 13.6. The number of benzene rings is 2. The normalized spacial score (nSPS) is 17.9. The standard InChI is InChI=1S/C26H32N2OSi/c1-30(2,3)29-26(22-13-6-4-7-14-22,23-15-8-5-9-16-23)25-18-12-20-28(25)21-24-17-10-11-19-27-24/h4-11,13-17,19,25H,12,18,20-21H2,1-3H3/t25-/m0/s1. The van der Waals surface area contributed by atoms with E-state index >= 15 is 0 Å². The van der Waals surface area contributed by atoms with Crippen molar-refractivity contribution in [2.45, 2.75) is 50.7 Å². The number of rotatable bonds is 7.